The van der Waals surface area contributed by atoms with Crippen LogP contribution in [0.25, 0.3) is 22.4 Å². The maximum Gasteiger partial charge on any atom is 0.113 e. The summed E-state index contributed by atoms with van der Waals surface area (Å²) < 4.78 is 0. The van der Waals surface area contributed by atoms with E-state index < -0.39 is 0 Å². The summed E-state index contributed by atoms with van der Waals surface area (Å²) in [6, 6.07) is 16.6. The fourth-order valence-corrected chi connectivity index (χ4v) is 2.19. The molecule has 3 heteroatoms. The van der Waals surface area contributed by atoms with Gasteiger partial charge in [0.15, 0.2) is 0 Å². The SMILES string of the molecule is Cc1cccc(-c2ccccc2)c1-c1cn[nH]n1. The molecule has 0 aliphatic heterocycles. The fraction of sp³-hybridized carbons (Fsp3) is 0.0667. The lowest BCUT2D eigenvalue weighted by Gasteiger charge is -2.10. The van der Waals surface area contributed by atoms with Crippen molar-refractivity contribution in [3.05, 3.63) is 60.3 Å². The molecule has 18 heavy (non-hydrogen) atoms. The van der Waals surface area contributed by atoms with E-state index >= 15 is 0 Å². The Morgan fingerprint density at radius 1 is 0.944 bits per heavy atom. The van der Waals surface area contributed by atoms with Gasteiger partial charge in [-0.1, -0.05) is 48.5 Å². The third-order valence-electron chi connectivity index (χ3n) is 3.03. The van der Waals surface area contributed by atoms with Gasteiger partial charge in [0, 0.05) is 5.56 Å². The number of benzene rings is 2. The van der Waals surface area contributed by atoms with Crippen molar-refractivity contribution in [1.82, 2.24) is 15.4 Å². The summed E-state index contributed by atoms with van der Waals surface area (Å²) in [6.07, 6.45) is 1.76. The maximum absolute atomic E-state index is 4.20. The molecule has 0 amide bonds. The van der Waals surface area contributed by atoms with Crippen LogP contribution in [0.15, 0.2) is 54.7 Å². The van der Waals surface area contributed by atoms with Crippen LogP contribution in [0, 0.1) is 6.92 Å². The highest BCUT2D eigenvalue weighted by Crippen LogP contribution is 2.32. The van der Waals surface area contributed by atoms with Gasteiger partial charge in [-0.15, -0.1) is 0 Å². The van der Waals surface area contributed by atoms with Crippen LogP contribution in [-0.2, 0) is 0 Å². The van der Waals surface area contributed by atoms with Crippen LogP contribution in [0.4, 0.5) is 0 Å². The van der Waals surface area contributed by atoms with E-state index in [4.69, 9.17) is 0 Å². The highest BCUT2D eigenvalue weighted by Gasteiger charge is 2.11. The second-order valence-corrected chi connectivity index (χ2v) is 4.22. The first-order valence-electron chi connectivity index (χ1n) is 5.87. The summed E-state index contributed by atoms with van der Waals surface area (Å²) in [5.41, 5.74) is 5.60. The van der Waals surface area contributed by atoms with Gasteiger partial charge in [0.2, 0.25) is 0 Å². The Bertz CT molecular complexity index is 643. The number of nitrogens with zero attached hydrogens (tertiary/aromatic N) is 2. The standard InChI is InChI=1S/C15H13N3/c1-11-6-5-9-13(12-7-3-2-4-8-12)15(11)14-10-16-18-17-14/h2-10H,1H3,(H,16,17,18). The summed E-state index contributed by atoms with van der Waals surface area (Å²) in [5, 5.41) is 10.8. The lowest BCUT2D eigenvalue weighted by Crippen LogP contribution is -1.89. The lowest BCUT2D eigenvalue weighted by atomic mass is 9.94. The van der Waals surface area contributed by atoms with E-state index in [1.54, 1.807) is 6.20 Å². The zero-order valence-corrected chi connectivity index (χ0v) is 10.1. The summed E-state index contributed by atoms with van der Waals surface area (Å²) >= 11 is 0. The Hall–Kier alpha value is -2.42. The topological polar surface area (TPSA) is 41.6 Å². The molecule has 0 saturated carbocycles. The molecule has 0 saturated heterocycles. The van der Waals surface area contributed by atoms with Crippen molar-refractivity contribution in [2.24, 2.45) is 0 Å². The minimum atomic E-state index is 0.881. The molecule has 1 aromatic heterocycles. The number of H-pyrrole nitrogens is 1. The fourth-order valence-electron chi connectivity index (χ4n) is 2.19. The van der Waals surface area contributed by atoms with Gasteiger partial charge in [0.05, 0.1) is 6.20 Å². The largest absolute Gasteiger partial charge is 0.197 e. The van der Waals surface area contributed by atoms with Crippen LogP contribution in [0.1, 0.15) is 5.56 Å². The predicted molar refractivity (Wildman–Crippen MR) is 72.0 cm³/mol. The first kappa shape index (κ1) is 10.7. The molecule has 2 aromatic carbocycles. The number of rotatable bonds is 2. The summed E-state index contributed by atoms with van der Waals surface area (Å²) in [6.45, 7) is 2.09. The Labute approximate surface area is 105 Å². The van der Waals surface area contributed by atoms with E-state index in [0.717, 1.165) is 11.3 Å². The summed E-state index contributed by atoms with van der Waals surface area (Å²) in [7, 11) is 0. The quantitative estimate of drug-likeness (QED) is 0.739. The molecular formula is C15H13N3. The molecule has 3 aromatic rings. The number of aromatic nitrogens is 3. The molecule has 0 radical (unpaired) electrons. The van der Waals surface area contributed by atoms with Crippen molar-refractivity contribution >= 4 is 0 Å². The molecular weight excluding hydrogens is 222 g/mol. The Morgan fingerprint density at radius 2 is 1.78 bits per heavy atom. The normalized spacial score (nSPS) is 10.5. The minimum absolute atomic E-state index is 0.881. The smallest absolute Gasteiger partial charge is 0.113 e. The zero-order chi connectivity index (χ0) is 12.4. The monoisotopic (exact) mass is 235 g/mol. The second-order valence-electron chi connectivity index (χ2n) is 4.22. The first-order valence-corrected chi connectivity index (χ1v) is 5.87. The van der Waals surface area contributed by atoms with Crippen LogP contribution in [0.2, 0.25) is 0 Å². The van der Waals surface area contributed by atoms with Gasteiger partial charge >= 0.3 is 0 Å². The maximum atomic E-state index is 4.20. The van der Waals surface area contributed by atoms with Gasteiger partial charge in [-0.3, -0.25) is 0 Å². The van der Waals surface area contributed by atoms with E-state index in [9.17, 15) is 0 Å². The van der Waals surface area contributed by atoms with E-state index in [1.807, 2.05) is 18.2 Å². The average Bonchev–Trinajstić information content (AvgIpc) is 2.93. The van der Waals surface area contributed by atoms with Crippen LogP contribution < -0.4 is 0 Å². The van der Waals surface area contributed by atoms with Crippen molar-refractivity contribution in [1.29, 1.82) is 0 Å². The van der Waals surface area contributed by atoms with E-state index in [-0.39, 0.29) is 0 Å². The number of aryl methyl sites for hydroxylation is 1. The van der Waals surface area contributed by atoms with E-state index in [0.29, 0.717) is 0 Å². The first-order chi connectivity index (χ1) is 8.86. The molecule has 3 nitrogen and oxygen atoms in total. The molecule has 88 valence electrons. The highest BCUT2D eigenvalue weighted by molar-refractivity contribution is 5.83. The summed E-state index contributed by atoms with van der Waals surface area (Å²) in [5.74, 6) is 0. The van der Waals surface area contributed by atoms with Gasteiger partial charge in [-0.25, -0.2) is 0 Å². The molecule has 0 atom stereocenters. The van der Waals surface area contributed by atoms with Crippen LogP contribution in [0.5, 0.6) is 0 Å². The van der Waals surface area contributed by atoms with Gasteiger partial charge in [0.1, 0.15) is 5.69 Å². The highest BCUT2D eigenvalue weighted by atomic mass is 15.3. The molecule has 1 N–H and O–H groups in total. The number of aromatic amines is 1. The number of hydrogen-bond acceptors (Lipinski definition) is 2. The van der Waals surface area contributed by atoms with Crippen molar-refractivity contribution in [3.8, 4) is 22.4 Å². The molecule has 0 spiro atoms. The zero-order valence-electron chi connectivity index (χ0n) is 10.1. The van der Waals surface area contributed by atoms with Crippen molar-refractivity contribution in [2.75, 3.05) is 0 Å². The van der Waals surface area contributed by atoms with Crippen LogP contribution in [-0.4, -0.2) is 15.4 Å². The van der Waals surface area contributed by atoms with Gasteiger partial charge < -0.3 is 0 Å². The molecule has 0 fully saturated rings. The van der Waals surface area contributed by atoms with Gasteiger partial charge in [-0.2, -0.15) is 15.4 Å². The summed E-state index contributed by atoms with van der Waals surface area (Å²) in [4.78, 5) is 0. The molecule has 3 rings (SSSR count). The third-order valence-corrected chi connectivity index (χ3v) is 3.03. The van der Waals surface area contributed by atoms with E-state index in [2.05, 4.69) is 52.7 Å². The average molecular weight is 235 g/mol. The number of hydrogen-bond donors (Lipinski definition) is 1. The van der Waals surface area contributed by atoms with Crippen LogP contribution >= 0.6 is 0 Å². The lowest BCUT2D eigenvalue weighted by molar-refractivity contribution is 0.942. The second kappa shape index (κ2) is 4.45. The van der Waals surface area contributed by atoms with Gasteiger partial charge in [0.25, 0.3) is 0 Å². The predicted octanol–water partition coefficient (Wildman–Crippen LogP) is 3.45. The minimum Gasteiger partial charge on any atom is -0.197 e. The van der Waals surface area contributed by atoms with Gasteiger partial charge in [-0.05, 0) is 23.6 Å². The Morgan fingerprint density at radius 3 is 2.50 bits per heavy atom. The molecule has 0 unspecified atom stereocenters. The molecule has 0 bridgehead atoms. The molecule has 0 aliphatic carbocycles. The Kier molecular flexibility index (Phi) is 2.65. The van der Waals surface area contributed by atoms with Crippen LogP contribution in [0.3, 0.4) is 0 Å². The van der Waals surface area contributed by atoms with Crippen molar-refractivity contribution in [3.63, 3.8) is 0 Å². The molecule has 0 aliphatic rings. The van der Waals surface area contributed by atoms with E-state index in [1.165, 1.54) is 16.7 Å². The third kappa shape index (κ3) is 1.80. The number of nitrogens with one attached hydrogen (secondary N) is 1. The Balaban J connectivity index is 2.25. The van der Waals surface area contributed by atoms with Crippen molar-refractivity contribution < 1.29 is 0 Å². The molecule has 1 heterocycles. The van der Waals surface area contributed by atoms with Crippen molar-refractivity contribution in [2.45, 2.75) is 6.92 Å².